The fourth-order valence-electron chi connectivity index (χ4n) is 2.96. The molecule has 1 unspecified atom stereocenters. The van der Waals surface area contributed by atoms with E-state index in [-0.39, 0.29) is 11.9 Å². The molecule has 1 aliphatic rings. The first kappa shape index (κ1) is 13.4. The van der Waals surface area contributed by atoms with Crippen molar-refractivity contribution in [2.75, 3.05) is 6.54 Å². The Morgan fingerprint density at radius 1 is 1.30 bits per heavy atom. The van der Waals surface area contributed by atoms with Crippen molar-refractivity contribution in [3.8, 4) is 0 Å². The molecule has 1 aromatic heterocycles. The van der Waals surface area contributed by atoms with E-state index in [1.807, 2.05) is 24.0 Å². The Hall–Kier alpha value is -1.61. The van der Waals surface area contributed by atoms with E-state index in [0.717, 1.165) is 30.5 Å². The zero-order valence-electron chi connectivity index (χ0n) is 11.9. The summed E-state index contributed by atoms with van der Waals surface area (Å²) in [5, 5.41) is 4.26. The highest BCUT2D eigenvalue weighted by Gasteiger charge is 2.31. The van der Waals surface area contributed by atoms with Gasteiger partial charge in [-0.2, -0.15) is 11.3 Å². The summed E-state index contributed by atoms with van der Waals surface area (Å²) >= 11 is 1.70. The average Bonchev–Trinajstić information content (AvgIpc) is 3.10. The number of hydrogen-bond donors (Lipinski definition) is 0. The second kappa shape index (κ2) is 5.41. The van der Waals surface area contributed by atoms with Gasteiger partial charge in [-0.1, -0.05) is 12.1 Å². The maximum Gasteiger partial charge on any atom is 0.254 e. The van der Waals surface area contributed by atoms with Gasteiger partial charge in [-0.05, 0) is 66.3 Å². The number of likely N-dealkylation sites (tertiary alicyclic amines) is 1. The molecule has 1 aromatic carbocycles. The topological polar surface area (TPSA) is 20.3 Å². The lowest BCUT2D eigenvalue weighted by atomic mass is 10.0. The lowest BCUT2D eigenvalue weighted by molar-refractivity contribution is 0.0735. The van der Waals surface area contributed by atoms with Crippen LogP contribution < -0.4 is 0 Å². The highest BCUT2D eigenvalue weighted by atomic mass is 32.1. The number of carbonyl (C=O) groups excluding carboxylic acids is 1. The molecule has 2 nitrogen and oxygen atoms in total. The molecule has 1 saturated heterocycles. The lowest BCUT2D eigenvalue weighted by Crippen LogP contribution is -2.31. The lowest BCUT2D eigenvalue weighted by Gasteiger charge is -2.25. The van der Waals surface area contributed by atoms with Crippen LogP contribution in [0, 0.1) is 13.8 Å². The van der Waals surface area contributed by atoms with Crippen LogP contribution in [-0.2, 0) is 0 Å². The molecule has 1 fully saturated rings. The Kier molecular flexibility index (Phi) is 3.62. The van der Waals surface area contributed by atoms with Crippen LogP contribution in [0.5, 0.6) is 0 Å². The number of rotatable bonds is 2. The van der Waals surface area contributed by atoms with Gasteiger partial charge in [0, 0.05) is 12.1 Å². The first-order valence-electron chi connectivity index (χ1n) is 7.08. The summed E-state index contributed by atoms with van der Waals surface area (Å²) in [6.45, 7) is 4.97. The van der Waals surface area contributed by atoms with Crippen LogP contribution >= 0.6 is 11.3 Å². The molecule has 1 aliphatic heterocycles. The Morgan fingerprint density at radius 2 is 2.15 bits per heavy atom. The van der Waals surface area contributed by atoms with Crippen molar-refractivity contribution >= 4 is 17.2 Å². The largest absolute Gasteiger partial charge is 0.332 e. The quantitative estimate of drug-likeness (QED) is 0.803. The molecule has 104 valence electrons. The van der Waals surface area contributed by atoms with Gasteiger partial charge in [-0.25, -0.2) is 0 Å². The predicted octanol–water partition coefficient (Wildman–Crippen LogP) is 4.34. The van der Waals surface area contributed by atoms with Crippen molar-refractivity contribution in [3.63, 3.8) is 0 Å². The number of amides is 1. The van der Waals surface area contributed by atoms with Crippen molar-refractivity contribution < 1.29 is 4.79 Å². The zero-order chi connectivity index (χ0) is 14.1. The Labute approximate surface area is 124 Å². The number of carbonyl (C=O) groups is 1. The van der Waals surface area contributed by atoms with E-state index in [0.29, 0.717) is 0 Å². The number of nitrogens with zero attached hydrogens (tertiary/aromatic N) is 1. The van der Waals surface area contributed by atoms with Crippen LogP contribution in [-0.4, -0.2) is 17.4 Å². The van der Waals surface area contributed by atoms with Gasteiger partial charge in [0.15, 0.2) is 0 Å². The summed E-state index contributed by atoms with van der Waals surface area (Å²) in [7, 11) is 0. The minimum absolute atomic E-state index is 0.180. The predicted molar refractivity (Wildman–Crippen MR) is 83.2 cm³/mol. The third-order valence-corrected chi connectivity index (χ3v) is 4.98. The standard InChI is InChI=1S/C17H19NOS/c1-12-5-3-6-15(13(12)2)17(19)18-9-4-7-16(18)14-8-10-20-11-14/h3,5-6,8,10-11,16H,4,7,9H2,1-2H3. The van der Waals surface area contributed by atoms with Crippen molar-refractivity contribution in [2.45, 2.75) is 32.7 Å². The third-order valence-electron chi connectivity index (χ3n) is 4.28. The molecule has 3 rings (SSSR count). The minimum atomic E-state index is 0.180. The van der Waals surface area contributed by atoms with Gasteiger partial charge < -0.3 is 4.90 Å². The summed E-state index contributed by atoms with van der Waals surface area (Å²) < 4.78 is 0. The highest BCUT2D eigenvalue weighted by molar-refractivity contribution is 7.07. The normalized spacial score (nSPS) is 18.5. The molecule has 1 atom stereocenters. The van der Waals surface area contributed by atoms with E-state index in [2.05, 4.69) is 29.8 Å². The van der Waals surface area contributed by atoms with Crippen molar-refractivity contribution in [2.24, 2.45) is 0 Å². The van der Waals surface area contributed by atoms with Crippen LogP contribution in [0.1, 0.15) is 45.9 Å². The Morgan fingerprint density at radius 3 is 2.90 bits per heavy atom. The fraction of sp³-hybridized carbons (Fsp3) is 0.353. The van der Waals surface area contributed by atoms with E-state index in [1.165, 1.54) is 11.1 Å². The first-order chi connectivity index (χ1) is 9.68. The SMILES string of the molecule is Cc1cccc(C(=O)N2CCCC2c2ccsc2)c1C. The monoisotopic (exact) mass is 285 g/mol. The minimum Gasteiger partial charge on any atom is -0.332 e. The first-order valence-corrected chi connectivity index (χ1v) is 8.02. The smallest absolute Gasteiger partial charge is 0.254 e. The van der Waals surface area contributed by atoms with E-state index in [9.17, 15) is 4.79 Å². The molecule has 2 aromatic rings. The Bertz CT molecular complexity index is 618. The van der Waals surface area contributed by atoms with Gasteiger partial charge in [0.1, 0.15) is 0 Å². The maximum atomic E-state index is 12.9. The molecule has 2 heterocycles. The second-order valence-electron chi connectivity index (χ2n) is 5.46. The average molecular weight is 285 g/mol. The second-order valence-corrected chi connectivity index (χ2v) is 6.24. The molecule has 0 saturated carbocycles. The molecule has 0 aliphatic carbocycles. The summed E-state index contributed by atoms with van der Waals surface area (Å²) in [5.41, 5.74) is 4.42. The molecule has 0 bridgehead atoms. The summed E-state index contributed by atoms with van der Waals surface area (Å²) in [5.74, 6) is 0.180. The van der Waals surface area contributed by atoms with Gasteiger partial charge in [0.25, 0.3) is 5.91 Å². The van der Waals surface area contributed by atoms with Crippen LogP contribution in [0.25, 0.3) is 0 Å². The molecule has 20 heavy (non-hydrogen) atoms. The van der Waals surface area contributed by atoms with Gasteiger partial charge in [-0.3, -0.25) is 4.79 Å². The number of benzene rings is 1. The number of thiophene rings is 1. The molecule has 3 heteroatoms. The summed E-state index contributed by atoms with van der Waals surface area (Å²) in [4.78, 5) is 14.9. The van der Waals surface area contributed by atoms with Crippen LogP contribution in [0.4, 0.5) is 0 Å². The maximum absolute atomic E-state index is 12.9. The van der Waals surface area contributed by atoms with Gasteiger partial charge in [0.05, 0.1) is 6.04 Å². The van der Waals surface area contributed by atoms with Gasteiger partial charge >= 0.3 is 0 Å². The van der Waals surface area contributed by atoms with Crippen LogP contribution in [0.15, 0.2) is 35.0 Å². The molecule has 1 amide bonds. The van der Waals surface area contributed by atoms with Gasteiger partial charge in [-0.15, -0.1) is 0 Å². The highest BCUT2D eigenvalue weighted by Crippen LogP contribution is 2.34. The molecule has 0 N–H and O–H groups in total. The van der Waals surface area contributed by atoms with Crippen molar-refractivity contribution in [3.05, 3.63) is 57.3 Å². The number of aryl methyl sites for hydroxylation is 1. The van der Waals surface area contributed by atoms with E-state index in [4.69, 9.17) is 0 Å². The number of hydrogen-bond acceptors (Lipinski definition) is 2. The van der Waals surface area contributed by atoms with Gasteiger partial charge in [0.2, 0.25) is 0 Å². The fourth-order valence-corrected chi connectivity index (χ4v) is 3.67. The van der Waals surface area contributed by atoms with Crippen LogP contribution in [0.3, 0.4) is 0 Å². The molecule has 0 spiro atoms. The van der Waals surface area contributed by atoms with E-state index < -0.39 is 0 Å². The molecule has 0 radical (unpaired) electrons. The molecular formula is C17H19NOS. The van der Waals surface area contributed by atoms with Crippen molar-refractivity contribution in [1.29, 1.82) is 0 Å². The summed E-state index contributed by atoms with van der Waals surface area (Å²) in [6.07, 6.45) is 2.17. The van der Waals surface area contributed by atoms with Crippen LogP contribution in [0.2, 0.25) is 0 Å². The van der Waals surface area contributed by atoms with E-state index >= 15 is 0 Å². The summed E-state index contributed by atoms with van der Waals surface area (Å²) in [6, 6.07) is 8.39. The molecular weight excluding hydrogens is 266 g/mol. The Balaban J connectivity index is 1.92. The third kappa shape index (κ3) is 2.27. The van der Waals surface area contributed by atoms with E-state index in [1.54, 1.807) is 11.3 Å². The van der Waals surface area contributed by atoms with Crippen molar-refractivity contribution in [1.82, 2.24) is 4.90 Å². The zero-order valence-corrected chi connectivity index (χ0v) is 12.7.